The van der Waals surface area contributed by atoms with Crippen LogP contribution in [0.15, 0.2) is 66.7 Å². The number of hydrogen-bond acceptors (Lipinski definition) is 2. The second-order valence-corrected chi connectivity index (χ2v) is 11.9. The molecule has 0 N–H and O–H groups in total. The lowest BCUT2D eigenvalue weighted by atomic mass is 9.77. The summed E-state index contributed by atoms with van der Waals surface area (Å²) >= 11 is 0. The molecule has 1 aliphatic rings. The molecule has 4 aromatic rings. The predicted molar refractivity (Wildman–Crippen MR) is 164 cm³/mol. The molecular formula is C37H34F8O2. The molecule has 10 heteroatoms. The topological polar surface area (TPSA) is 18.5 Å². The van der Waals surface area contributed by atoms with E-state index in [0.29, 0.717) is 24.1 Å². The van der Waals surface area contributed by atoms with Crippen LogP contribution in [0.2, 0.25) is 0 Å². The Morgan fingerprint density at radius 2 is 1.32 bits per heavy atom. The molecule has 0 unspecified atom stereocenters. The third-order valence-corrected chi connectivity index (χ3v) is 8.81. The minimum atomic E-state index is -4.61. The number of rotatable bonds is 12. The number of benzene rings is 4. The highest BCUT2D eigenvalue weighted by molar-refractivity contribution is 5.72. The van der Waals surface area contributed by atoms with E-state index in [0.717, 1.165) is 49.4 Å². The van der Waals surface area contributed by atoms with E-state index >= 15 is 8.78 Å². The van der Waals surface area contributed by atoms with Crippen molar-refractivity contribution >= 4 is 0 Å². The van der Waals surface area contributed by atoms with Crippen molar-refractivity contribution in [3.8, 4) is 33.8 Å². The third kappa shape index (κ3) is 7.91. The van der Waals surface area contributed by atoms with Gasteiger partial charge in [0.15, 0.2) is 11.6 Å². The summed E-state index contributed by atoms with van der Waals surface area (Å²) in [6.07, 6.45) is 4.51. The van der Waals surface area contributed by atoms with Crippen LogP contribution in [0.3, 0.4) is 0 Å². The molecule has 0 heterocycles. The zero-order chi connectivity index (χ0) is 33.7. The molecule has 1 saturated carbocycles. The minimum absolute atomic E-state index is 0.151. The Morgan fingerprint density at radius 3 is 1.94 bits per heavy atom. The molecule has 0 atom stereocenters. The van der Waals surface area contributed by atoms with Gasteiger partial charge in [-0.15, -0.1) is 0 Å². The summed E-state index contributed by atoms with van der Waals surface area (Å²) in [5.74, 6) is -6.62. The van der Waals surface area contributed by atoms with E-state index in [4.69, 9.17) is 0 Å². The Hall–Kier alpha value is -4.08. The molecule has 250 valence electrons. The van der Waals surface area contributed by atoms with Gasteiger partial charge in [0.25, 0.3) is 0 Å². The normalized spacial score (nSPS) is 16.7. The first-order valence-electron chi connectivity index (χ1n) is 15.6. The molecule has 0 aliphatic heterocycles. The minimum Gasteiger partial charge on any atom is -0.460 e. The Bertz CT molecular complexity index is 1680. The van der Waals surface area contributed by atoms with E-state index in [1.165, 1.54) is 43.9 Å². The summed E-state index contributed by atoms with van der Waals surface area (Å²) in [4.78, 5) is 0. The summed E-state index contributed by atoms with van der Waals surface area (Å²) in [5.41, 5.74) is -1.23. The molecule has 0 spiro atoms. The number of unbranched alkanes of at least 4 members (excludes halogenated alkanes) is 2. The lowest BCUT2D eigenvalue weighted by molar-refractivity contribution is -0.189. The SMILES string of the molecule is CCCCCC1CCC(c2ccc(-c3ccc(-c4cc(F)c(C(F)(F)Oc5ccc(OCF)c(F)c5)c(F)c4)c(F)c3)c(F)c2)CC1. The summed E-state index contributed by atoms with van der Waals surface area (Å²) in [6, 6.07) is 11.6. The van der Waals surface area contributed by atoms with Gasteiger partial charge in [-0.05, 0) is 90.6 Å². The Kier molecular flexibility index (Phi) is 10.8. The molecule has 1 aliphatic carbocycles. The fourth-order valence-corrected chi connectivity index (χ4v) is 6.33. The summed E-state index contributed by atoms with van der Waals surface area (Å²) in [7, 11) is 0. The van der Waals surface area contributed by atoms with Gasteiger partial charge in [0.1, 0.15) is 34.6 Å². The lowest BCUT2D eigenvalue weighted by Crippen LogP contribution is -2.25. The maximum absolute atomic E-state index is 15.3. The summed E-state index contributed by atoms with van der Waals surface area (Å²) in [5, 5.41) is 0. The highest BCUT2D eigenvalue weighted by Gasteiger charge is 2.41. The van der Waals surface area contributed by atoms with Gasteiger partial charge in [0.05, 0.1) is 0 Å². The molecule has 0 amide bonds. The van der Waals surface area contributed by atoms with Gasteiger partial charge in [-0.2, -0.15) is 8.78 Å². The molecule has 0 bridgehead atoms. The maximum Gasteiger partial charge on any atom is 0.432 e. The van der Waals surface area contributed by atoms with Crippen LogP contribution < -0.4 is 9.47 Å². The van der Waals surface area contributed by atoms with Crippen LogP contribution in [0.25, 0.3) is 22.3 Å². The third-order valence-electron chi connectivity index (χ3n) is 8.81. The molecule has 0 radical (unpaired) electrons. The second kappa shape index (κ2) is 14.8. The van der Waals surface area contributed by atoms with E-state index in [2.05, 4.69) is 16.4 Å². The Morgan fingerprint density at radius 1 is 0.681 bits per heavy atom. The molecule has 4 aromatic carbocycles. The molecule has 2 nitrogen and oxygen atoms in total. The van der Waals surface area contributed by atoms with Gasteiger partial charge in [-0.25, -0.2) is 26.3 Å². The van der Waals surface area contributed by atoms with Crippen molar-refractivity contribution in [3.05, 3.63) is 107 Å². The van der Waals surface area contributed by atoms with Crippen LogP contribution in [0.4, 0.5) is 35.1 Å². The van der Waals surface area contributed by atoms with Crippen molar-refractivity contribution in [2.75, 3.05) is 6.86 Å². The van der Waals surface area contributed by atoms with Crippen molar-refractivity contribution in [3.63, 3.8) is 0 Å². The van der Waals surface area contributed by atoms with E-state index < -0.39 is 59.1 Å². The number of hydrogen-bond donors (Lipinski definition) is 0. The molecule has 0 saturated heterocycles. The average Bonchev–Trinajstić information content (AvgIpc) is 3.02. The van der Waals surface area contributed by atoms with E-state index in [1.807, 2.05) is 6.07 Å². The molecule has 1 fully saturated rings. The highest BCUT2D eigenvalue weighted by Crippen LogP contribution is 2.41. The van der Waals surface area contributed by atoms with Crippen molar-refractivity contribution in [1.82, 2.24) is 0 Å². The largest absolute Gasteiger partial charge is 0.460 e. The van der Waals surface area contributed by atoms with Crippen LogP contribution in [0.5, 0.6) is 11.5 Å². The maximum atomic E-state index is 15.3. The number of ether oxygens (including phenoxy) is 2. The van der Waals surface area contributed by atoms with E-state index in [9.17, 15) is 26.3 Å². The molecule has 0 aromatic heterocycles. The number of halogens is 8. The molecule has 47 heavy (non-hydrogen) atoms. The first-order chi connectivity index (χ1) is 22.5. The first-order valence-corrected chi connectivity index (χ1v) is 15.6. The van der Waals surface area contributed by atoms with Gasteiger partial charge >= 0.3 is 6.11 Å². The fourth-order valence-electron chi connectivity index (χ4n) is 6.33. The zero-order valence-corrected chi connectivity index (χ0v) is 25.7. The van der Waals surface area contributed by atoms with Gasteiger partial charge in [-0.1, -0.05) is 56.9 Å². The summed E-state index contributed by atoms with van der Waals surface area (Å²) < 4.78 is 125. The lowest BCUT2D eigenvalue weighted by Gasteiger charge is -2.29. The van der Waals surface area contributed by atoms with Crippen LogP contribution in [-0.4, -0.2) is 6.86 Å². The van der Waals surface area contributed by atoms with Crippen LogP contribution in [-0.2, 0) is 6.11 Å². The Labute approximate surface area is 268 Å². The second-order valence-electron chi connectivity index (χ2n) is 11.9. The number of alkyl halides is 3. The van der Waals surface area contributed by atoms with Crippen molar-refractivity contribution in [1.29, 1.82) is 0 Å². The van der Waals surface area contributed by atoms with Gasteiger partial charge in [0, 0.05) is 17.2 Å². The van der Waals surface area contributed by atoms with Gasteiger partial charge in [0.2, 0.25) is 6.86 Å². The average molecular weight is 663 g/mol. The van der Waals surface area contributed by atoms with Crippen molar-refractivity contribution in [2.24, 2.45) is 5.92 Å². The van der Waals surface area contributed by atoms with E-state index in [-0.39, 0.29) is 28.2 Å². The van der Waals surface area contributed by atoms with E-state index in [1.54, 1.807) is 6.07 Å². The molecular weight excluding hydrogens is 628 g/mol. The quantitative estimate of drug-likeness (QED) is 0.111. The Balaban J connectivity index is 1.31. The van der Waals surface area contributed by atoms with Crippen LogP contribution >= 0.6 is 0 Å². The fraction of sp³-hybridized carbons (Fsp3) is 0.351. The highest BCUT2D eigenvalue weighted by atomic mass is 19.3. The van der Waals surface area contributed by atoms with Crippen LogP contribution in [0.1, 0.15) is 75.3 Å². The smallest absolute Gasteiger partial charge is 0.432 e. The summed E-state index contributed by atoms with van der Waals surface area (Å²) in [6.45, 7) is 0.816. The predicted octanol–water partition coefficient (Wildman–Crippen LogP) is 12.0. The molecule has 5 rings (SSSR count). The zero-order valence-electron chi connectivity index (χ0n) is 25.7. The van der Waals surface area contributed by atoms with Crippen molar-refractivity contribution < 1.29 is 44.6 Å². The van der Waals surface area contributed by atoms with Gasteiger partial charge in [-0.3, -0.25) is 0 Å². The first kappa shape index (κ1) is 34.3. The van der Waals surface area contributed by atoms with Crippen LogP contribution in [0, 0.1) is 35.0 Å². The standard InChI is InChI=1S/C37H34F8O2/c1-2-3-4-5-22-6-8-23(9-7-22)24-10-13-28(30(39)16-24)25-11-14-29(31(40)17-25)26-18-33(42)36(34(43)19-26)37(44,45)47-27-12-15-35(46-21-38)32(41)20-27/h10-20,22-23H,2-9,21H2,1H3. The van der Waals surface area contributed by atoms with Gasteiger partial charge < -0.3 is 9.47 Å². The van der Waals surface area contributed by atoms with Crippen molar-refractivity contribution in [2.45, 2.75) is 70.3 Å². The monoisotopic (exact) mass is 662 g/mol.